The smallest absolute Gasteiger partial charge is 0.227 e. The van der Waals surface area contributed by atoms with E-state index in [2.05, 4.69) is 0 Å². The molecule has 0 aromatic heterocycles. The Morgan fingerprint density at radius 3 is 2.26 bits per heavy atom. The first kappa shape index (κ1) is 18.2. The number of aliphatic hydroxyl groups excluding tert-OH is 1. The van der Waals surface area contributed by atoms with Gasteiger partial charge in [-0.05, 0) is 32.6 Å². The Morgan fingerprint density at radius 1 is 1.04 bits per heavy atom. The molecule has 0 aromatic carbocycles. The number of carbonyl (C=O) groups excluding carboxylic acids is 2. The second-order valence-electron chi connectivity index (χ2n) is 8.27. The lowest BCUT2D eigenvalue weighted by atomic mass is 9.89. The summed E-state index contributed by atoms with van der Waals surface area (Å²) in [5.74, 6) is 0.406. The van der Waals surface area contributed by atoms with Crippen LogP contribution in [0, 0.1) is 17.3 Å². The lowest BCUT2D eigenvalue weighted by molar-refractivity contribution is -0.146. The van der Waals surface area contributed by atoms with Crippen molar-refractivity contribution < 1.29 is 14.7 Å². The highest BCUT2D eigenvalue weighted by Gasteiger charge is 2.36. The second kappa shape index (κ2) is 7.20. The van der Waals surface area contributed by atoms with E-state index in [9.17, 15) is 14.7 Å². The van der Waals surface area contributed by atoms with Crippen LogP contribution in [0.25, 0.3) is 0 Å². The Morgan fingerprint density at radius 2 is 1.65 bits per heavy atom. The molecular formula is C18H32N2O3. The van der Waals surface area contributed by atoms with Gasteiger partial charge < -0.3 is 14.9 Å². The number of piperidine rings is 2. The summed E-state index contributed by atoms with van der Waals surface area (Å²) >= 11 is 0. The molecule has 2 amide bonds. The third-order valence-corrected chi connectivity index (χ3v) is 5.15. The van der Waals surface area contributed by atoms with Gasteiger partial charge in [0.1, 0.15) is 0 Å². The Kier molecular flexibility index (Phi) is 5.71. The van der Waals surface area contributed by atoms with Crippen molar-refractivity contribution in [3.63, 3.8) is 0 Å². The van der Waals surface area contributed by atoms with E-state index in [0.717, 1.165) is 38.8 Å². The zero-order valence-corrected chi connectivity index (χ0v) is 15.0. The van der Waals surface area contributed by atoms with E-state index in [0.29, 0.717) is 13.1 Å². The Hall–Kier alpha value is -1.10. The number of aliphatic hydroxyl groups is 1. The van der Waals surface area contributed by atoms with Gasteiger partial charge in [0.25, 0.3) is 0 Å². The molecule has 3 atom stereocenters. The summed E-state index contributed by atoms with van der Waals surface area (Å²) in [6, 6.07) is 0. The average molecular weight is 324 g/mol. The van der Waals surface area contributed by atoms with Gasteiger partial charge in [0.05, 0.1) is 12.0 Å². The standard InChI is InChI=1S/C18H32N2O3/c1-13(21)14-7-5-9-19(11-14)16(22)15-8-6-10-20(12-15)17(23)18(2,3)4/h13-15,21H,5-12H2,1-4H3. The number of hydrogen-bond donors (Lipinski definition) is 1. The van der Waals surface area contributed by atoms with Crippen LogP contribution >= 0.6 is 0 Å². The second-order valence-corrected chi connectivity index (χ2v) is 8.27. The fourth-order valence-electron chi connectivity index (χ4n) is 3.70. The number of likely N-dealkylation sites (tertiary alicyclic amines) is 2. The first-order valence-corrected chi connectivity index (χ1v) is 8.96. The van der Waals surface area contributed by atoms with E-state index in [4.69, 9.17) is 0 Å². The van der Waals surface area contributed by atoms with Crippen molar-refractivity contribution >= 4 is 11.8 Å². The molecule has 1 N–H and O–H groups in total. The largest absolute Gasteiger partial charge is 0.393 e. The van der Waals surface area contributed by atoms with Crippen molar-refractivity contribution in [3.05, 3.63) is 0 Å². The van der Waals surface area contributed by atoms with Crippen LogP contribution in [0.4, 0.5) is 0 Å². The van der Waals surface area contributed by atoms with Crippen LogP contribution in [0.5, 0.6) is 0 Å². The Balaban J connectivity index is 1.98. The van der Waals surface area contributed by atoms with Crippen LogP contribution in [-0.2, 0) is 9.59 Å². The van der Waals surface area contributed by atoms with E-state index in [-0.39, 0.29) is 29.8 Å². The first-order valence-electron chi connectivity index (χ1n) is 8.96. The number of nitrogens with zero attached hydrogens (tertiary/aromatic N) is 2. The molecular weight excluding hydrogens is 292 g/mol. The maximum absolute atomic E-state index is 12.8. The van der Waals surface area contributed by atoms with Gasteiger partial charge in [-0.1, -0.05) is 20.8 Å². The first-order chi connectivity index (χ1) is 10.7. The molecule has 2 fully saturated rings. The molecule has 2 heterocycles. The summed E-state index contributed by atoms with van der Waals surface area (Å²) in [5, 5.41) is 9.80. The molecule has 2 aliphatic rings. The van der Waals surface area contributed by atoms with Gasteiger partial charge >= 0.3 is 0 Å². The molecule has 23 heavy (non-hydrogen) atoms. The van der Waals surface area contributed by atoms with Gasteiger partial charge in [-0.15, -0.1) is 0 Å². The highest BCUT2D eigenvalue weighted by atomic mass is 16.3. The van der Waals surface area contributed by atoms with Gasteiger partial charge in [0, 0.05) is 37.5 Å². The molecule has 132 valence electrons. The minimum absolute atomic E-state index is 0.0807. The van der Waals surface area contributed by atoms with E-state index in [1.165, 1.54) is 0 Å². The van der Waals surface area contributed by atoms with Gasteiger partial charge in [0.15, 0.2) is 0 Å². The summed E-state index contributed by atoms with van der Waals surface area (Å²) in [4.78, 5) is 29.1. The van der Waals surface area contributed by atoms with Crippen LogP contribution in [0.2, 0.25) is 0 Å². The number of carbonyl (C=O) groups is 2. The predicted molar refractivity (Wildman–Crippen MR) is 89.7 cm³/mol. The third-order valence-electron chi connectivity index (χ3n) is 5.15. The van der Waals surface area contributed by atoms with Crippen molar-refractivity contribution in [1.29, 1.82) is 0 Å². The quantitative estimate of drug-likeness (QED) is 0.844. The molecule has 2 aliphatic heterocycles. The summed E-state index contributed by atoms with van der Waals surface area (Å²) < 4.78 is 0. The van der Waals surface area contributed by atoms with Gasteiger partial charge in [-0.3, -0.25) is 9.59 Å². The topological polar surface area (TPSA) is 60.9 Å². The summed E-state index contributed by atoms with van der Waals surface area (Å²) in [6.45, 7) is 10.3. The normalized spacial score (nSPS) is 27.7. The van der Waals surface area contributed by atoms with Crippen LogP contribution in [0.15, 0.2) is 0 Å². The molecule has 0 spiro atoms. The molecule has 5 heteroatoms. The monoisotopic (exact) mass is 324 g/mol. The van der Waals surface area contributed by atoms with Crippen LogP contribution in [0.3, 0.4) is 0 Å². The summed E-state index contributed by atoms with van der Waals surface area (Å²) in [7, 11) is 0. The summed E-state index contributed by atoms with van der Waals surface area (Å²) in [5.41, 5.74) is -0.395. The van der Waals surface area contributed by atoms with Gasteiger partial charge in [-0.25, -0.2) is 0 Å². The van der Waals surface area contributed by atoms with E-state index < -0.39 is 5.41 Å². The average Bonchev–Trinajstić information content (AvgIpc) is 2.52. The Labute approximate surface area is 140 Å². The van der Waals surface area contributed by atoms with Gasteiger partial charge in [-0.2, -0.15) is 0 Å². The zero-order valence-electron chi connectivity index (χ0n) is 15.0. The molecule has 0 radical (unpaired) electrons. The lowest BCUT2D eigenvalue weighted by Gasteiger charge is -2.40. The zero-order chi connectivity index (χ0) is 17.2. The van der Waals surface area contributed by atoms with Crippen LogP contribution < -0.4 is 0 Å². The minimum Gasteiger partial charge on any atom is -0.393 e. The molecule has 0 bridgehead atoms. The molecule has 2 saturated heterocycles. The molecule has 3 unspecified atom stereocenters. The van der Waals surface area contributed by atoms with Crippen molar-refractivity contribution in [1.82, 2.24) is 9.80 Å². The molecule has 2 rings (SSSR count). The number of amides is 2. The molecule has 0 saturated carbocycles. The fourth-order valence-corrected chi connectivity index (χ4v) is 3.70. The summed E-state index contributed by atoms with van der Waals surface area (Å²) in [6.07, 6.45) is 3.34. The Bertz CT molecular complexity index is 442. The van der Waals surface area contributed by atoms with Crippen molar-refractivity contribution in [2.75, 3.05) is 26.2 Å². The minimum atomic E-state index is -0.395. The van der Waals surface area contributed by atoms with E-state index in [1.54, 1.807) is 0 Å². The number of rotatable bonds is 2. The van der Waals surface area contributed by atoms with Crippen molar-refractivity contribution in [2.45, 2.75) is 59.5 Å². The molecule has 5 nitrogen and oxygen atoms in total. The maximum Gasteiger partial charge on any atom is 0.227 e. The van der Waals surface area contributed by atoms with Crippen molar-refractivity contribution in [3.8, 4) is 0 Å². The van der Waals surface area contributed by atoms with Crippen molar-refractivity contribution in [2.24, 2.45) is 17.3 Å². The van der Waals surface area contributed by atoms with Gasteiger partial charge in [0.2, 0.25) is 11.8 Å². The highest BCUT2D eigenvalue weighted by Crippen LogP contribution is 2.27. The lowest BCUT2D eigenvalue weighted by Crippen LogP contribution is -2.51. The predicted octanol–water partition coefficient (Wildman–Crippen LogP) is 1.89. The highest BCUT2D eigenvalue weighted by molar-refractivity contribution is 5.84. The third kappa shape index (κ3) is 4.46. The SMILES string of the molecule is CC(O)C1CCCN(C(=O)C2CCCN(C(=O)C(C)(C)C)C2)C1. The van der Waals surface area contributed by atoms with E-state index >= 15 is 0 Å². The fraction of sp³-hybridized carbons (Fsp3) is 0.889. The van der Waals surface area contributed by atoms with E-state index in [1.807, 2.05) is 37.5 Å². The van der Waals surface area contributed by atoms with Crippen LogP contribution in [0.1, 0.15) is 53.4 Å². The number of hydrogen-bond acceptors (Lipinski definition) is 3. The molecule has 0 aromatic rings. The molecule has 0 aliphatic carbocycles. The maximum atomic E-state index is 12.8. The van der Waals surface area contributed by atoms with Crippen LogP contribution in [-0.4, -0.2) is 59.0 Å².